The van der Waals surface area contributed by atoms with E-state index in [4.69, 9.17) is 4.98 Å². The van der Waals surface area contributed by atoms with Gasteiger partial charge in [-0.05, 0) is 49.6 Å². The van der Waals surface area contributed by atoms with E-state index in [9.17, 15) is 13.2 Å². The molecule has 1 fully saturated rings. The number of benzene rings is 2. The Kier molecular flexibility index (Phi) is 6.20. The van der Waals surface area contributed by atoms with Crippen molar-refractivity contribution in [1.82, 2.24) is 14.9 Å². The van der Waals surface area contributed by atoms with Crippen LogP contribution in [0.25, 0.3) is 16.9 Å². The fourth-order valence-electron chi connectivity index (χ4n) is 3.59. The van der Waals surface area contributed by atoms with Gasteiger partial charge >= 0.3 is 0 Å². The number of hydrogen-bond donors (Lipinski definition) is 1. The van der Waals surface area contributed by atoms with Gasteiger partial charge < -0.3 is 5.32 Å². The van der Waals surface area contributed by atoms with Crippen molar-refractivity contribution in [2.45, 2.75) is 31.5 Å². The van der Waals surface area contributed by atoms with Gasteiger partial charge in [0.1, 0.15) is 0 Å². The van der Waals surface area contributed by atoms with Crippen molar-refractivity contribution in [3.63, 3.8) is 0 Å². The molecule has 162 valence electrons. The lowest BCUT2D eigenvalue weighted by molar-refractivity contribution is -0.119. The van der Waals surface area contributed by atoms with Crippen LogP contribution in [-0.2, 0) is 14.6 Å². The molecule has 3 aromatic rings. The summed E-state index contributed by atoms with van der Waals surface area (Å²) in [6, 6.07) is 15.9. The van der Waals surface area contributed by atoms with Gasteiger partial charge in [0.15, 0.2) is 15.0 Å². The molecule has 1 saturated heterocycles. The van der Waals surface area contributed by atoms with Gasteiger partial charge in [0.05, 0.1) is 23.0 Å². The highest BCUT2D eigenvalue weighted by molar-refractivity contribution is 7.99. The number of nitrogens with one attached hydrogen (secondary N) is 1. The van der Waals surface area contributed by atoms with Gasteiger partial charge in [-0.2, -0.15) is 0 Å². The molecule has 0 unspecified atom stereocenters. The van der Waals surface area contributed by atoms with E-state index in [2.05, 4.69) is 37.4 Å². The molecular weight excluding hydrogens is 430 g/mol. The fraction of sp³-hybridized carbons (Fsp3) is 0.304. The predicted octanol–water partition coefficient (Wildman–Crippen LogP) is 3.55. The maximum absolute atomic E-state index is 12.4. The molecule has 2 aromatic carbocycles. The summed E-state index contributed by atoms with van der Waals surface area (Å²) in [4.78, 5) is 17.2. The van der Waals surface area contributed by atoms with Crippen molar-refractivity contribution in [3.8, 4) is 16.9 Å². The van der Waals surface area contributed by atoms with E-state index >= 15 is 0 Å². The number of rotatable bonds is 6. The topological polar surface area (TPSA) is 81.1 Å². The molecule has 1 aliphatic heterocycles. The minimum atomic E-state index is -3.02. The van der Waals surface area contributed by atoms with E-state index in [-0.39, 0.29) is 29.2 Å². The van der Waals surface area contributed by atoms with Crippen LogP contribution >= 0.6 is 11.8 Å². The third kappa shape index (κ3) is 5.19. The second kappa shape index (κ2) is 8.88. The standard InChI is InChI=1S/C23H25N3O3S2/c1-16-8-9-18(12-17(16)2)21-13-26(20-6-4-3-5-7-20)23(25-21)30-14-22(27)24-19-10-11-31(28,29)15-19/h3-9,12-13,19H,10-11,14-15H2,1-2H3,(H,24,27)/t19-/m0/s1. The Morgan fingerprint density at radius 3 is 2.61 bits per heavy atom. The summed E-state index contributed by atoms with van der Waals surface area (Å²) in [6.07, 6.45) is 2.47. The zero-order valence-corrected chi connectivity index (χ0v) is 19.2. The number of hydrogen-bond acceptors (Lipinski definition) is 5. The number of imidazole rings is 1. The zero-order valence-electron chi connectivity index (χ0n) is 17.5. The largest absolute Gasteiger partial charge is 0.352 e. The van der Waals surface area contributed by atoms with Crippen LogP contribution < -0.4 is 5.32 Å². The molecule has 1 amide bonds. The maximum atomic E-state index is 12.4. The van der Waals surface area contributed by atoms with E-state index in [1.54, 1.807) is 0 Å². The molecule has 2 heterocycles. The first kappa shape index (κ1) is 21.6. The summed E-state index contributed by atoms with van der Waals surface area (Å²) >= 11 is 1.35. The summed E-state index contributed by atoms with van der Waals surface area (Å²) in [5.41, 5.74) is 5.27. The summed E-state index contributed by atoms with van der Waals surface area (Å²) in [7, 11) is -3.02. The van der Waals surface area contributed by atoms with Gasteiger partial charge in [-0.1, -0.05) is 42.1 Å². The predicted molar refractivity (Wildman–Crippen MR) is 124 cm³/mol. The molecule has 0 aliphatic carbocycles. The molecular formula is C23H25N3O3S2. The molecule has 6 nitrogen and oxygen atoms in total. The molecule has 1 aromatic heterocycles. The Bertz CT molecular complexity index is 1200. The van der Waals surface area contributed by atoms with Gasteiger partial charge in [-0.3, -0.25) is 9.36 Å². The minimum Gasteiger partial charge on any atom is -0.352 e. The Morgan fingerprint density at radius 2 is 1.94 bits per heavy atom. The molecule has 8 heteroatoms. The highest BCUT2D eigenvalue weighted by atomic mass is 32.2. The molecule has 0 spiro atoms. The lowest BCUT2D eigenvalue weighted by atomic mass is 10.0. The third-order valence-corrected chi connectivity index (χ3v) is 8.16. The number of carbonyl (C=O) groups is 1. The molecule has 1 atom stereocenters. The van der Waals surface area contributed by atoms with Gasteiger partial charge in [-0.25, -0.2) is 13.4 Å². The van der Waals surface area contributed by atoms with Crippen molar-refractivity contribution < 1.29 is 13.2 Å². The number of sulfone groups is 1. The highest BCUT2D eigenvalue weighted by Gasteiger charge is 2.29. The van der Waals surface area contributed by atoms with Crippen molar-refractivity contribution in [2.75, 3.05) is 17.3 Å². The normalized spacial score (nSPS) is 17.5. The van der Waals surface area contributed by atoms with Crippen LogP contribution in [0.2, 0.25) is 0 Å². The lowest BCUT2D eigenvalue weighted by Crippen LogP contribution is -2.36. The van der Waals surface area contributed by atoms with E-state index in [1.165, 1.54) is 22.9 Å². The van der Waals surface area contributed by atoms with Crippen molar-refractivity contribution in [2.24, 2.45) is 0 Å². The lowest BCUT2D eigenvalue weighted by Gasteiger charge is -2.11. The molecule has 1 N–H and O–H groups in total. The fourth-order valence-corrected chi connectivity index (χ4v) is 6.06. The van der Waals surface area contributed by atoms with Gasteiger partial charge in [0.2, 0.25) is 5.91 Å². The molecule has 0 bridgehead atoms. The average molecular weight is 456 g/mol. The summed E-state index contributed by atoms with van der Waals surface area (Å²) in [6.45, 7) is 4.16. The summed E-state index contributed by atoms with van der Waals surface area (Å²) < 4.78 is 25.2. The zero-order chi connectivity index (χ0) is 22.0. The number of amides is 1. The minimum absolute atomic E-state index is 0.0268. The van der Waals surface area contributed by atoms with Crippen LogP contribution in [0.4, 0.5) is 0 Å². The number of thioether (sulfide) groups is 1. The number of aromatic nitrogens is 2. The second-order valence-electron chi connectivity index (χ2n) is 7.87. The Balaban J connectivity index is 1.55. The summed E-state index contributed by atoms with van der Waals surface area (Å²) in [5.74, 6) is 0.164. The first-order valence-electron chi connectivity index (χ1n) is 10.2. The Labute approximate surface area is 187 Å². The van der Waals surface area contributed by atoms with Gasteiger partial charge in [0.25, 0.3) is 0 Å². The van der Waals surface area contributed by atoms with Crippen molar-refractivity contribution >= 4 is 27.5 Å². The number of para-hydroxylation sites is 1. The smallest absolute Gasteiger partial charge is 0.230 e. The molecule has 31 heavy (non-hydrogen) atoms. The van der Waals surface area contributed by atoms with Crippen LogP contribution in [0.1, 0.15) is 17.5 Å². The molecule has 0 saturated carbocycles. The average Bonchev–Trinajstić information content (AvgIpc) is 3.32. The van der Waals surface area contributed by atoms with E-state index in [1.807, 2.05) is 41.1 Å². The summed E-state index contributed by atoms with van der Waals surface area (Å²) in [5, 5.41) is 3.56. The highest BCUT2D eigenvalue weighted by Crippen LogP contribution is 2.28. The third-order valence-electron chi connectivity index (χ3n) is 5.44. The number of nitrogens with zero attached hydrogens (tertiary/aromatic N) is 2. The van der Waals surface area contributed by atoms with Crippen LogP contribution in [0.3, 0.4) is 0 Å². The maximum Gasteiger partial charge on any atom is 0.230 e. The second-order valence-corrected chi connectivity index (χ2v) is 11.0. The van der Waals surface area contributed by atoms with Gasteiger partial charge in [-0.15, -0.1) is 0 Å². The number of aryl methyl sites for hydroxylation is 2. The molecule has 1 aliphatic rings. The van der Waals surface area contributed by atoms with E-state index < -0.39 is 9.84 Å². The van der Waals surface area contributed by atoms with Crippen LogP contribution in [0, 0.1) is 13.8 Å². The Hall–Kier alpha value is -2.58. The first-order valence-corrected chi connectivity index (χ1v) is 13.0. The van der Waals surface area contributed by atoms with Crippen LogP contribution in [0.15, 0.2) is 59.9 Å². The van der Waals surface area contributed by atoms with Crippen molar-refractivity contribution in [1.29, 1.82) is 0 Å². The molecule has 4 rings (SSSR count). The van der Waals surface area contributed by atoms with Crippen molar-refractivity contribution in [3.05, 3.63) is 65.9 Å². The SMILES string of the molecule is Cc1ccc(-c2cn(-c3ccccc3)c(SCC(=O)N[C@H]3CCS(=O)(=O)C3)n2)cc1C. The van der Waals surface area contributed by atoms with Crippen LogP contribution in [-0.4, -0.2) is 47.2 Å². The number of carbonyl (C=O) groups excluding carboxylic acids is 1. The first-order chi connectivity index (χ1) is 14.8. The Morgan fingerprint density at radius 1 is 1.16 bits per heavy atom. The monoisotopic (exact) mass is 455 g/mol. The molecule has 0 radical (unpaired) electrons. The van der Waals surface area contributed by atoms with E-state index in [0.717, 1.165) is 16.9 Å². The van der Waals surface area contributed by atoms with E-state index in [0.29, 0.717) is 11.6 Å². The van der Waals surface area contributed by atoms with Gasteiger partial charge in [0, 0.05) is 23.5 Å². The quantitative estimate of drug-likeness (QED) is 0.575. The van der Waals surface area contributed by atoms with Crippen LogP contribution in [0.5, 0.6) is 0 Å².